The van der Waals surface area contributed by atoms with E-state index in [1.54, 1.807) is 0 Å². The summed E-state index contributed by atoms with van der Waals surface area (Å²) in [7, 11) is 0. The van der Waals surface area contributed by atoms with Crippen LogP contribution in [0.15, 0.2) is 59.6 Å². The van der Waals surface area contributed by atoms with Crippen LogP contribution in [0.3, 0.4) is 0 Å². The third-order valence-corrected chi connectivity index (χ3v) is 2.82. The van der Waals surface area contributed by atoms with Gasteiger partial charge in [-0.1, -0.05) is 54.6 Å². The fraction of sp³-hybridized carbons (Fsp3) is 0.188. The molecule has 0 fully saturated rings. The van der Waals surface area contributed by atoms with Gasteiger partial charge in [0.15, 0.2) is 5.96 Å². The molecule has 20 heavy (non-hydrogen) atoms. The maximum atomic E-state index is 5.70. The molecule has 104 valence electrons. The number of hydrogen-bond donors (Lipinski definition) is 2. The lowest BCUT2D eigenvalue weighted by atomic mass is 10.1. The van der Waals surface area contributed by atoms with Crippen LogP contribution in [-0.4, -0.2) is 5.96 Å². The predicted octanol–water partition coefficient (Wildman–Crippen LogP) is 2.18. The van der Waals surface area contributed by atoms with Gasteiger partial charge in [0.05, 0.1) is 19.8 Å². The van der Waals surface area contributed by atoms with Gasteiger partial charge in [-0.3, -0.25) is 0 Å². The Hall–Kier alpha value is -2.33. The number of guanidine groups is 1. The summed E-state index contributed by atoms with van der Waals surface area (Å²) >= 11 is 0. The van der Waals surface area contributed by atoms with Crippen molar-refractivity contribution in [2.75, 3.05) is 0 Å². The Kier molecular flexibility index (Phi) is 5.15. The Morgan fingerprint density at radius 1 is 0.850 bits per heavy atom. The van der Waals surface area contributed by atoms with Crippen LogP contribution < -0.4 is 11.5 Å². The normalized spacial score (nSPS) is 10.2. The van der Waals surface area contributed by atoms with Gasteiger partial charge in [0.2, 0.25) is 0 Å². The average Bonchev–Trinajstić information content (AvgIpc) is 2.47. The zero-order valence-corrected chi connectivity index (χ0v) is 11.3. The van der Waals surface area contributed by atoms with Crippen LogP contribution in [0.1, 0.15) is 16.7 Å². The zero-order valence-electron chi connectivity index (χ0n) is 11.3. The highest BCUT2D eigenvalue weighted by atomic mass is 16.5. The number of nitrogens with zero attached hydrogens (tertiary/aromatic N) is 1. The van der Waals surface area contributed by atoms with E-state index in [9.17, 15) is 0 Å². The Bertz CT molecular complexity index is 563. The highest BCUT2D eigenvalue weighted by Crippen LogP contribution is 2.09. The maximum absolute atomic E-state index is 5.70. The molecule has 2 aromatic carbocycles. The van der Waals surface area contributed by atoms with Gasteiger partial charge >= 0.3 is 0 Å². The summed E-state index contributed by atoms with van der Waals surface area (Å²) in [4.78, 5) is 4.00. The molecule has 0 aliphatic rings. The van der Waals surface area contributed by atoms with Crippen molar-refractivity contribution in [2.45, 2.75) is 19.8 Å². The minimum Gasteiger partial charge on any atom is -0.372 e. The number of rotatable bonds is 6. The first-order chi connectivity index (χ1) is 9.74. The lowest BCUT2D eigenvalue weighted by molar-refractivity contribution is 0.107. The zero-order chi connectivity index (χ0) is 14.2. The Morgan fingerprint density at radius 2 is 1.50 bits per heavy atom. The summed E-state index contributed by atoms with van der Waals surface area (Å²) in [6.07, 6.45) is 0. The van der Waals surface area contributed by atoms with E-state index in [2.05, 4.69) is 23.2 Å². The number of hydrogen-bond acceptors (Lipinski definition) is 2. The van der Waals surface area contributed by atoms with Crippen molar-refractivity contribution in [3.8, 4) is 0 Å². The van der Waals surface area contributed by atoms with Crippen molar-refractivity contribution in [1.29, 1.82) is 0 Å². The molecule has 2 aromatic rings. The molecule has 0 amide bonds. The molecule has 4 heteroatoms. The highest BCUT2D eigenvalue weighted by Gasteiger charge is 1.97. The van der Waals surface area contributed by atoms with Crippen LogP contribution in [0, 0.1) is 0 Å². The third-order valence-electron chi connectivity index (χ3n) is 2.82. The van der Waals surface area contributed by atoms with Crippen LogP contribution in [0.25, 0.3) is 0 Å². The lowest BCUT2D eigenvalue weighted by Gasteiger charge is -2.06. The highest BCUT2D eigenvalue weighted by molar-refractivity contribution is 5.75. The predicted molar refractivity (Wildman–Crippen MR) is 80.9 cm³/mol. The Balaban J connectivity index is 1.87. The van der Waals surface area contributed by atoms with Gasteiger partial charge in [-0.25, -0.2) is 4.99 Å². The molecule has 0 aliphatic heterocycles. The molecular formula is C16H19N3O. The first-order valence-corrected chi connectivity index (χ1v) is 6.49. The second-order valence-corrected chi connectivity index (χ2v) is 4.54. The van der Waals surface area contributed by atoms with Crippen LogP contribution >= 0.6 is 0 Å². The van der Waals surface area contributed by atoms with Gasteiger partial charge in [0.25, 0.3) is 0 Å². The number of benzene rings is 2. The van der Waals surface area contributed by atoms with Gasteiger partial charge in [0.1, 0.15) is 0 Å². The van der Waals surface area contributed by atoms with E-state index >= 15 is 0 Å². The third kappa shape index (κ3) is 4.74. The second kappa shape index (κ2) is 7.31. The van der Waals surface area contributed by atoms with Crippen LogP contribution in [0.4, 0.5) is 0 Å². The topological polar surface area (TPSA) is 73.6 Å². The molecule has 4 nitrogen and oxygen atoms in total. The summed E-state index contributed by atoms with van der Waals surface area (Å²) < 4.78 is 5.70. The SMILES string of the molecule is NC(N)=NCc1cccc(COCc2ccccc2)c1. The molecule has 0 spiro atoms. The van der Waals surface area contributed by atoms with Crippen molar-refractivity contribution in [3.63, 3.8) is 0 Å². The van der Waals surface area contributed by atoms with Gasteiger partial charge in [-0.05, 0) is 16.7 Å². The van der Waals surface area contributed by atoms with E-state index < -0.39 is 0 Å². The molecule has 0 atom stereocenters. The molecule has 0 saturated carbocycles. The molecule has 0 saturated heterocycles. The molecule has 4 N–H and O–H groups in total. The quantitative estimate of drug-likeness (QED) is 0.623. The number of ether oxygens (including phenoxy) is 1. The van der Waals surface area contributed by atoms with Crippen LogP contribution in [0.2, 0.25) is 0 Å². The number of nitrogens with two attached hydrogens (primary N) is 2. The monoisotopic (exact) mass is 269 g/mol. The molecular weight excluding hydrogens is 250 g/mol. The molecule has 0 radical (unpaired) electrons. The van der Waals surface area contributed by atoms with Gasteiger partial charge < -0.3 is 16.2 Å². The van der Waals surface area contributed by atoms with Crippen molar-refractivity contribution in [3.05, 3.63) is 71.3 Å². The van der Waals surface area contributed by atoms with E-state index in [-0.39, 0.29) is 5.96 Å². The van der Waals surface area contributed by atoms with E-state index in [0.29, 0.717) is 19.8 Å². The minimum atomic E-state index is 0.107. The average molecular weight is 269 g/mol. The van der Waals surface area contributed by atoms with E-state index in [4.69, 9.17) is 16.2 Å². The minimum absolute atomic E-state index is 0.107. The summed E-state index contributed by atoms with van der Waals surface area (Å²) in [6.45, 7) is 1.68. The Labute approximate surface area is 119 Å². The van der Waals surface area contributed by atoms with E-state index in [0.717, 1.165) is 11.1 Å². The van der Waals surface area contributed by atoms with Gasteiger partial charge in [-0.15, -0.1) is 0 Å². The molecule has 0 bridgehead atoms. The molecule has 2 rings (SSSR count). The van der Waals surface area contributed by atoms with E-state index in [1.165, 1.54) is 5.56 Å². The molecule has 0 heterocycles. The smallest absolute Gasteiger partial charge is 0.186 e. The van der Waals surface area contributed by atoms with E-state index in [1.807, 2.05) is 36.4 Å². The van der Waals surface area contributed by atoms with Gasteiger partial charge in [0, 0.05) is 0 Å². The van der Waals surface area contributed by atoms with Crippen molar-refractivity contribution >= 4 is 5.96 Å². The summed E-state index contributed by atoms with van der Waals surface area (Å²) in [6, 6.07) is 18.2. The van der Waals surface area contributed by atoms with Crippen LogP contribution in [-0.2, 0) is 24.5 Å². The largest absolute Gasteiger partial charge is 0.372 e. The fourth-order valence-electron chi connectivity index (χ4n) is 1.86. The molecule has 0 aliphatic carbocycles. The van der Waals surface area contributed by atoms with Crippen LogP contribution in [0.5, 0.6) is 0 Å². The Morgan fingerprint density at radius 3 is 2.25 bits per heavy atom. The van der Waals surface area contributed by atoms with Gasteiger partial charge in [-0.2, -0.15) is 0 Å². The first-order valence-electron chi connectivity index (χ1n) is 6.49. The fourth-order valence-corrected chi connectivity index (χ4v) is 1.86. The lowest BCUT2D eigenvalue weighted by Crippen LogP contribution is -2.22. The van der Waals surface area contributed by atoms with Crippen molar-refractivity contribution < 1.29 is 4.74 Å². The van der Waals surface area contributed by atoms with Crippen molar-refractivity contribution in [1.82, 2.24) is 0 Å². The molecule has 0 aromatic heterocycles. The first kappa shape index (κ1) is 14.1. The maximum Gasteiger partial charge on any atom is 0.186 e. The molecule has 0 unspecified atom stereocenters. The standard InChI is InChI=1S/C16H19N3O/c17-16(18)19-10-14-7-4-8-15(9-14)12-20-11-13-5-2-1-3-6-13/h1-9H,10-12H2,(H4,17,18,19). The number of aliphatic imine (C=N–C) groups is 1. The summed E-state index contributed by atoms with van der Waals surface area (Å²) in [5, 5.41) is 0. The summed E-state index contributed by atoms with van der Waals surface area (Å²) in [5.74, 6) is 0.107. The van der Waals surface area contributed by atoms with Crippen molar-refractivity contribution in [2.24, 2.45) is 16.5 Å². The second-order valence-electron chi connectivity index (χ2n) is 4.54. The summed E-state index contributed by atoms with van der Waals surface area (Å²) in [5.41, 5.74) is 14.0.